The number of Topliss-reactive ketones (excluding diaryl/α,β-unsaturated/α-hetero) is 1. The maximum atomic E-state index is 11.2. The van der Waals surface area contributed by atoms with Crippen LogP contribution in [-0.4, -0.2) is 22.1 Å². The van der Waals surface area contributed by atoms with Crippen molar-refractivity contribution in [1.82, 2.24) is 9.78 Å². The number of carbonyl (C=O) groups is 1. The molecule has 0 amide bonds. The quantitative estimate of drug-likeness (QED) is 0.756. The summed E-state index contributed by atoms with van der Waals surface area (Å²) in [7, 11) is 0. The summed E-state index contributed by atoms with van der Waals surface area (Å²) >= 11 is 0. The molecule has 1 rings (SSSR count). The number of rotatable bonds is 5. The van der Waals surface area contributed by atoms with E-state index in [1.54, 1.807) is 0 Å². The minimum absolute atomic E-state index is 0.208. The molecule has 4 heteroatoms. The number of nitrogens with two attached hydrogens (primary N) is 1. The Morgan fingerprint density at radius 1 is 1.50 bits per heavy atom. The van der Waals surface area contributed by atoms with Crippen molar-refractivity contribution in [2.45, 2.75) is 33.2 Å². The van der Waals surface area contributed by atoms with Gasteiger partial charge in [-0.05, 0) is 26.5 Å². The molecule has 1 heterocycles. The molecule has 0 aliphatic heterocycles. The Balaban J connectivity index is 2.45. The predicted molar refractivity (Wildman–Crippen MR) is 55.0 cm³/mol. The maximum Gasteiger partial charge on any atom is 0.136 e. The topological polar surface area (TPSA) is 60.9 Å². The zero-order valence-electron chi connectivity index (χ0n) is 8.79. The summed E-state index contributed by atoms with van der Waals surface area (Å²) in [6.07, 6.45) is 0.998. The molecule has 0 aliphatic carbocycles. The van der Waals surface area contributed by atoms with Gasteiger partial charge in [0.25, 0.3) is 0 Å². The fraction of sp³-hybridized carbons (Fsp3) is 0.600. The molecule has 4 nitrogen and oxygen atoms in total. The molecule has 2 N–H and O–H groups in total. The van der Waals surface area contributed by atoms with Crippen LogP contribution >= 0.6 is 0 Å². The van der Waals surface area contributed by atoms with Gasteiger partial charge in [0.2, 0.25) is 0 Å². The lowest BCUT2D eigenvalue weighted by Gasteiger charge is -2.02. The van der Waals surface area contributed by atoms with Crippen LogP contribution in [0, 0.1) is 13.8 Å². The number of carbonyl (C=O) groups excluding carboxylic acids is 1. The number of aryl methyl sites for hydroxylation is 3. The summed E-state index contributed by atoms with van der Waals surface area (Å²) in [5, 5.41) is 4.28. The van der Waals surface area contributed by atoms with Crippen LogP contribution in [0.3, 0.4) is 0 Å². The Hall–Kier alpha value is -1.16. The maximum absolute atomic E-state index is 11.2. The SMILES string of the molecule is Cc1cc(C)n(CCC(=O)CCN)n1. The lowest BCUT2D eigenvalue weighted by molar-refractivity contribution is -0.119. The summed E-state index contributed by atoms with van der Waals surface area (Å²) in [5.74, 6) is 0.208. The molecule has 78 valence electrons. The number of aromatic nitrogens is 2. The lowest BCUT2D eigenvalue weighted by atomic mass is 10.2. The van der Waals surface area contributed by atoms with E-state index in [1.165, 1.54) is 0 Å². The van der Waals surface area contributed by atoms with Gasteiger partial charge >= 0.3 is 0 Å². The van der Waals surface area contributed by atoms with E-state index in [9.17, 15) is 4.79 Å². The molecule has 0 saturated heterocycles. The summed E-state index contributed by atoms with van der Waals surface area (Å²) < 4.78 is 1.86. The Labute approximate surface area is 84.1 Å². The van der Waals surface area contributed by atoms with Crippen LogP contribution in [-0.2, 0) is 11.3 Å². The van der Waals surface area contributed by atoms with Crippen molar-refractivity contribution in [2.75, 3.05) is 6.54 Å². The Bertz CT molecular complexity index is 317. The van der Waals surface area contributed by atoms with Crippen molar-refractivity contribution in [3.8, 4) is 0 Å². The second-order valence-corrected chi connectivity index (χ2v) is 3.48. The molecule has 0 atom stereocenters. The van der Waals surface area contributed by atoms with Crippen LogP contribution in [0.2, 0.25) is 0 Å². The van der Waals surface area contributed by atoms with Crippen molar-refractivity contribution >= 4 is 5.78 Å². The van der Waals surface area contributed by atoms with E-state index in [1.807, 2.05) is 24.6 Å². The zero-order valence-corrected chi connectivity index (χ0v) is 8.79. The van der Waals surface area contributed by atoms with E-state index in [4.69, 9.17) is 5.73 Å². The van der Waals surface area contributed by atoms with Crippen molar-refractivity contribution in [3.05, 3.63) is 17.5 Å². The summed E-state index contributed by atoms with van der Waals surface area (Å²) in [5.41, 5.74) is 7.38. The molecular formula is C10H17N3O. The standard InChI is InChI=1S/C10H17N3O/c1-8-7-9(2)13(12-8)6-4-10(14)3-5-11/h7H,3-6,11H2,1-2H3. The molecule has 0 aliphatic rings. The van der Waals surface area contributed by atoms with Gasteiger partial charge < -0.3 is 5.73 Å². The lowest BCUT2D eigenvalue weighted by Crippen LogP contribution is -2.12. The van der Waals surface area contributed by atoms with E-state index in [0.717, 1.165) is 11.4 Å². The molecular weight excluding hydrogens is 178 g/mol. The molecule has 1 aromatic heterocycles. The Kier molecular flexibility index (Phi) is 3.83. The van der Waals surface area contributed by atoms with E-state index in [-0.39, 0.29) is 5.78 Å². The third-order valence-corrected chi connectivity index (χ3v) is 2.13. The van der Waals surface area contributed by atoms with Crippen LogP contribution in [0.5, 0.6) is 0 Å². The first-order valence-electron chi connectivity index (χ1n) is 4.86. The molecule has 0 saturated carbocycles. The second kappa shape index (κ2) is 4.91. The summed E-state index contributed by atoms with van der Waals surface area (Å²) in [6, 6.07) is 2.01. The number of hydrogen-bond donors (Lipinski definition) is 1. The van der Waals surface area contributed by atoms with Crippen molar-refractivity contribution in [1.29, 1.82) is 0 Å². The van der Waals surface area contributed by atoms with E-state index < -0.39 is 0 Å². The van der Waals surface area contributed by atoms with Gasteiger partial charge in [-0.3, -0.25) is 9.48 Å². The van der Waals surface area contributed by atoms with Crippen LogP contribution in [0.25, 0.3) is 0 Å². The third kappa shape index (κ3) is 2.96. The second-order valence-electron chi connectivity index (χ2n) is 3.48. The number of ketones is 1. The third-order valence-electron chi connectivity index (χ3n) is 2.13. The van der Waals surface area contributed by atoms with Crippen LogP contribution in [0.15, 0.2) is 6.07 Å². The normalized spacial score (nSPS) is 10.5. The van der Waals surface area contributed by atoms with Gasteiger partial charge in [-0.15, -0.1) is 0 Å². The van der Waals surface area contributed by atoms with Crippen LogP contribution in [0.1, 0.15) is 24.2 Å². The number of nitrogens with zero attached hydrogens (tertiary/aromatic N) is 2. The zero-order chi connectivity index (χ0) is 10.6. The van der Waals surface area contributed by atoms with Crippen molar-refractivity contribution in [2.24, 2.45) is 5.73 Å². The average Bonchev–Trinajstić information content (AvgIpc) is 2.42. The van der Waals surface area contributed by atoms with E-state index in [0.29, 0.717) is 25.9 Å². The molecule has 1 aromatic rings. The van der Waals surface area contributed by atoms with Gasteiger partial charge in [0.1, 0.15) is 5.78 Å². The summed E-state index contributed by atoms with van der Waals surface area (Å²) in [4.78, 5) is 11.2. The molecule has 0 aromatic carbocycles. The van der Waals surface area contributed by atoms with Gasteiger partial charge in [-0.25, -0.2) is 0 Å². The van der Waals surface area contributed by atoms with Crippen LogP contribution < -0.4 is 5.73 Å². The molecule has 0 fully saturated rings. The molecule has 0 spiro atoms. The fourth-order valence-corrected chi connectivity index (χ4v) is 1.42. The predicted octanol–water partition coefficient (Wildman–Crippen LogP) is 0.808. The van der Waals surface area contributed by atoms with E-state index >= 15 is 0 Å². The first kappa shape index (κ1) is 10.9. The van der Waals surface area contributed by atoms with Gasteiger partial charge in [0.15, 0.2) is 0 Å². The van der Waals surface area contributed by atoms with Crippen molar-refractivity contribution in [3.63, 3.8) is 0 Å². The number of hydrogen-bond acceptors (Lipinski definition) is 3. The average molecular weight is 195 g/mol. The Morgan fingerprint density at radius 2 is 2.21 bits per heavy atom. The van der Waals surface area contributed by atoms with Gasteiger partial charge in [0.05, 0.1) is 5.69 Å². The first-order valence-corrected chi connectivity index (χ1v) is 4.86. The molecule has 0 unspecified atom stereocenters. The van der Waals surface area contributed by atoms with Crippen LogP contribution in [0.4, 0.5) is 0 Å². The van der Waals surface area contributed by atoms with E-state index in [2.05, 4.69) is 5.10 Å². The van der Waals surface area contributed by atoms with Gasteiger partial charge in [-0.2, -0.15) is 5.10 Å². The molecule has 0 radical (unpaired) electrons. The fourth-order valence-electron chi connectivity index (χ4n) is 1.42. The Morgan fingerprint density at radius 3 is 2.71 bits per heavy atom. The highest BCUT2D eigenvalue weighted by Crippen LogP contribution is 2.03. The van der Waals surface area contributed by atoms with Gasteiger partial charge in [0, 0.05) is 25.1 Å². The monoisotopic (exact) mass is 195 g/mol. The van der Waals surface area contributed by atoms with Crippen molar-refractivity contribution < 1.29 is 4.79 Å². The smallest absolute Gasteiger partial charge is 0.136 e. The molecule has 0 bridgehead atoms. The highest BCUT2D eigenvalue weighted by atomic mass is 16.1. The largest absolute Gasteiger partial charge is 0.330 e. The highest BCUT2D eigenvalue weighted by Gasteiger charge is 2.04. The summed E-state index contributed by atoms with van der Waals surface area (Å²) in [6.45, 7) is 5.05. The molecule has 14 heavy (non-hydrogen) atoms. The highest BCUT2D eigenvalue weighted by molar-refractivity contribution is 5.78. The minimum Gasteiger partial charge on any atom is -0.330 e. The first-order chi connectivity index (χ1) is 6.63. The van der Waals surface area contributed by atoms with Gasteiger partial charge in [-0.1, -0.05) is 0 Å². The minimum atomic E-state index is 0.208.